The fraction of sp³-hybridized carbons (Fsp3) is 0.0952. The summed E-state index contributed by atoms with van der Waals surface area (Å²) in [7, 11) is 0. The van der Waals surface area contributed by atoms with Crippen molar-refractivity contribution in [1.82, 2.24) is 0 Å². The van der Waals surface area contributed by atoms with Crippen LogP contribution in [0.25, 0.3) is 0 Å². The van der Waals surface area contributed by atoms with Crippen LogP contribution in [0, 0.1) is 0 Å². The minimum Gasteiger partial charge on any atom is -0.324 e. The maximum atomic E-state index is 12.3. The molecule has 0 unspecified atom stereocenters. The largest absolute Gasteiger partial charge is 0.324 e. The maximum Gasteiger partial charge on any atom is 0.234 e. The number of nitrogens with one attached hydrogen (secondary N) is 1. The van der Waals surface area contributed by atoms with Crippen LogP contribution in [-0.4, -0.2) is 11.7 Å². The number of thioether (sulfide) groups is 1. The van der Waals surface area contributed by atoms with Crippen LogP contribution in [0.15, 0.2) is 94.7 Å². The molecule has 0 aliphatic rings. The highest BCUT2D eigenvalue weighted by Gasteiger charge is 2.08. The minimum absolute atomic E-state index is 0.0297. The van der Waals surface area contributed by atoms with Gasteiger partial charge in [-0.3, -0.25) is 4.79 Å². The number of carbonyl (C=O) groups is 1. The fourth-order valence-electron chi connectivity index (χ4n) is 2.30. The van der Waals surface area contributed by atoms with Gasteiger partial charge in [-0.2, -0.15) is 0 Å². The molecule has 25 heavy (non-hydrogen) atoms. The predicted molar refractivity (Wildman–Crippen MR) is 108 cm³/mol. The third kappa shape index (κ3) is 5.69. The summed E-state index contributed by atoms with van der Waals surface area (Å²) in [6.45, 7) is 0. The Morgan fingerprint density at radius 1 is 0.800 bits per heavy atom. The molecular formula is C21H19NOS2. The lowest BCUT2D eigenvalue weighted by Crippen LogP contribution is -2.14. The van der Waals surface area contributed by atoms with Crippen LogP contribution < -0.4 is 5.32 Å². The topological polar surface area (TPSA) is 29.1 Å². The standard InChI is InChI=1S/C21H19NOS2/c23-21(16-24-15-17-9-3-1-4-10-17)22-19-13-7-8-14-20(19)25-18-11-5-2-6-12-18/h1-14H,15-16H2,(H,22,23). The highest BCUT2D eigenvalue weighted by atomic mass is 32.2. The third-order valence-corrected chi connectivity index (χ3v) is 5.56. The quantitative estimate of drug-likeness (QED) is 0.581. The second-order valence-electron chi connectivity index (χ2n) is 5.44. The molecule has 1 amide bonds. The van der Waals surface area contributed by atoms with Crippen LogP contribution in [0.4, 0.5) is 5.69 Å². The van der Waals surface area contributed by atoms with Gasteiger partial charge in [0.2, 0.25) is 5.91 Å². The Balaban J connectivity index is 1.56. The molecule has 0 aromatic heterocycles. The predicted octanol–water partition coefficient (Wildman–Crippen LogP) is 5.71. The second kappa shape index (κ2) is 9.35. The Kier molecular flexibility index (Phi) is 6.60. The normalized spacial score (nSPS) is 10.4. The van der Waals surface area contributed by atoms with Crippen LogP contribution >= 0.6 is 23.5 Å². The van der Waals surface area contributed by atoms with E-state index in [1.807, 2.05) is 60.7 Å². The molecule has 0 spiro atoms. The van der Waals surface area contributed by atoms with Crippen LogP contribution in [0.2, 0.25) is 0 Å². The van der Waals surface area contributed by atoms with E-state index < -0.39 is 0 Å². The van der Waals surface area contributed by atoms with Gasteiger partial charge in [0.25, 0.3) is 0 Å². The molecule has 126 valence electrons. The Bertz CT molecular complexity index is 806. The van der Waals surface area contributed by atoms with E-state index in [1.165, 1.54) is 5.56 Å². The van der Waals surface area contributed by atoms with E-state index in [9.17, 15) is 4.79 Å². The molecule has 0 radical (unpaired) electrons. The minimum atomic E-state index is 0.0297. The maximum absolute atomic E-state index is 12.3. The lowest BCUT2D eigenvalue weighted by atomic mass is 10.2. The van der Waals surface area contributed by atoms with Crippen molar-refractivity contribution in [2.75, 3.05) is 11.1 Å². The molecule has 1 N–H and O–H groups in total. The van der Waals surface area contributed by atoms with Crippen molar-refractivity contribution in [2.24, 2.45) is 0 Å². The van der Waals surface area contributed by atoms with Gasteiger partial charge in [-0.05, 0) is 29.8 Å². The molecule has 4 heteroatoms. The van der Waals surface area contributed by atoms with Crippen LogP contribution in [0.3, 0.4) is 0 Å². The molecule has 3 rings (SSSR count). The summed E-state index contributed by atoms with van der Waals surface area (Å²) in [5.74, 6) is 1.32. The van der Waals surface area contributed by atoms with Crippen molar-refractivity contribution in [2.45, 2.75) is 15.5 Å². The molecule has 0 saturated heterocycles. The summed E-state index contributed by atoms with van der Waals surface area (Å²) in [4.78, 5) is 14.5. The third-order valence-electron chi connectivity index (χ3n) is 3.48. The summed E-state index contributed by atoms with van der Waals surface area (Å²) in [6.07, 6.45) is 0. The summed E-state index contributed by atoms with van der Waals surface area (Å²) in [5.41, 5.74) is 2.10. The first-order valence-electron chi connectivity index (χ1n) is 8.05. The Hall–Kier alpha value is -2.17. The fourth-order valence-corrected chi connectivity index (χ4v) is 4.01. The van der Waals surface area contributed by atoms with E-state index in [1.54, 1.807) is 23.5 Å². The van der Waals surface area contributed by atoms with Gasteiger partial charge in [0.15, 0.2) is 0 Å². The van der Waals surface area contributed by atoms with E-state index in [4.69, 9.17) is 0 Å². The number of benzene rings is 3. The molecule has 0 fully saturated rings. The zero-order valence-electron chi connectivity index (χ0n) is 13.7. The van der Waals surface area contributed by atoms with Gasteiger partial charge >= 0.3 is 0 Å². The summed E-state index contributed by atoms with van der Waals surface area (Å²) >= 11 is 3.28. The second-order valence-corrected chi connectivity index (χ2v) is 7.54. The number of anilines is 1. The molecule has 0 bridgehead atoms. The zero-order chi connectivity index (χ0) is 17.3. The zero-order valence-corrected chi connectivity index (χ0v) is 15.4. The number of carbonyl (C=O) groups excluding carboxylic acids is 1. The van der Waals surface area contributed by atoms with Crippen molar-refractivity contribution >= 4 is 35.1 Å². The van der Waals surface area contributed by atoms with Gasteiger partial charge < -0.3 is 5.32 Å². The van der Waals surface area contributed by atoms with Crippen molar-refractivity contribution in [3.05, 3.63) is 90.5 Å². The lowest BCUT2D eigenvalue weighted by Gasteiger charge is -2.10. The highest BCUT2D eigenvalue weighted by molar-refractivity contribution is 7.99. The van der Waals surface area contributed by atoms with Gasteiger partial charge in [0.05, 0.1) is 11.4 Å². The molecule has 0 aliphatic carbocycles. The molecule has 3 aromatic rings. The summed E-state index contributed by atoms with van der Waals surface area (Å²) in [5, 5.41) is 3.04. The Labute approximate surface area is 157 Å². The smallest absolute Gasteiger partial charge is 0.234 e. The van der Waals surface area contributed by atoms with Crippen molar-refractivity contribution in [1.29, 1.82) is 0 Å². The van der Waals surface area contributed by atoms with Gasteiger partial charge in [-0.15, -0.1) is 11.8 Å². The number of hydrogen-bond acceptors (Lipinski definition) is 3. The molecule has 0 saturated carbocycles. The molecule has 3 aromatic carbocycles. The monoisotopic (exact) mass is 365 g/mol. The first-order valence-corrected chi connectivity index (χ1v) is 10.0. The number of para-hydroxylation sites is 1. The molecular weight excluding hydrogens is 346 g/mol. The first-order chi connectivity index (χ1) is 12.3. The van der Waals surface area contributed by atoms with Gasteiger partial charge in [-0.25, -0.2) is 0 Å². The lowest BCUT2D eigenvalue weighted by molar-refractivity contribution is -0.113. The van der Waals surface area contributed by atoms with Crippen LogP contribution in [0.1, 0.15) is 5.56 Å². The highest BCUT2D eigenvalue weighted by Crippen LogP contribution is 2.33. The van der Waals surface area contributed by atoms with Crippen LogP contribution in [-0.2, 0) is 10.5 Å². The van der Waals surface area contributed by atoms with Gasteiger partial charge in [0.1, 0.15) is 0 Å². The molecule has 0 atom stereocenters. The molecule has 2 nitrogen and oxygen atoms in total. The molecule has 0 aliphatic heterocycles. The van der Waals surface area contributed by atoms with Gasteiger partial charge in [0, 0.05) is 15.5 Å². The summed E-state index contributed by atoms with van der Waals surface area (Å²) < 4.78 is 0. The average Bonchev–Trinajstić information content (AvgIpc) is 2.65. The molecule has 0 heterocycles. The summed E-state index contributed by atoms with van der Waals surface area (Å²) in [6, 6.07) is 28.3. The van der Waals surface area contributed by atoms with Crippen molar-refractivity contribution < 1.29 is 4.79 Å². The van der Waals surface area contributed by atoms with Crippen molar-refractivity contribution in [3.63, 3.8) is 0 Å². The number of hydrogen-bond donors (Lipinski definition) is 1. The van der Waals surface area contributed by atoms with E-state index in [0.29, 0.717) is 5.75 Å². The average molecular weight is 366 g/mol. The number of amides is 1. The Morgan fingerprint density at radius 2 is 1.44 bits per heavy atom. The Morgan fingerprint density at radius 3 is 2.20 bits per heavy atom. The van der Waals surface area contributed by atoms with Crippen molar-refractivity contribution in [3.8, 4) is 0 Å². The van der Waals surface area contributed by atoms with E-state index in [2.05, 4.69) is 29.6 Å². The van der Waals surface area contributed by atoms with E-state index in [0.717, 1.165) is 21.2 Å². The van der Waals surface area contributed by atoms with Crippen LogP contribution in [0.5, 0.6) is 0 Å². The van der Waals surface area contributed by atoms with E-state index in [-0.39, 0.29) is 5.91 Å². The van der Waals surface area contributed by atoms with E-state index >= 15 is 0 Å². The first kappa shape index (κ1) is 17.6. The van der Waals surface area contributed by atoms with Gasteiger partial charge in [-0.1, -0.05) is 72.4 Å². The SMILES string of the molecule is O=C(CSCc1ccccc1)Nc1ccccc1Sc1ccccc1. The number of rotatable bonds is 7.